The smallest absolute Gasteiger partial charge is 0.274 e. The molecule has 1 aliphatic carbocycles. The molecule has 0 bridgehead atoms. The lowest BCUT2D eigenvalue weighted by molar-refractivity contribution is -0.134. The molecule has 1 aromatic carbocycles. The predicted molar refractivity (Wildman–Crippen MR) is 137 cm³/mol. The topological polar surface area (TPSA) is 80.0 Å². The number of rotatable bonds is 7. The molecule has 0 N–H and O–H groups in total. The van der Waals surface area contributed by atoms with Gasteiger partial charge in [0, 0.05) is 49.6 Å². The molecular weight excluding hydrogens is 454 g/mol. The normalized spacial score (nSPS) is 17.3. The Morgan fingerprint density at radius 1 is 1.11 bits per heavy atom. The summed E-state index contributed by atoms with van der Waals surface area (Å²) in [6, 6.07) is 11.9. The van der Waals surface area contributed by atoms with Gasteiger partial charge in [-0.05, 0) is 75.6 Å². The van der Waals surface area contributed by atoms with E-state index in [0.717, 1.165) is 54.8 Å². The Morgan fingerprint density at radius 2 is 1.86 bits per heavy atom. The highest BCUT2D eigenvalue weighted by molar-refractivity contribution is 5.93. The van der Waals surface area contributed by atoms with Crippen LogP contribution in [-0.2, 0) is 11.2 Å². The predicted octanol–water partition coefficient (Wildman–Crippen LogP) is 3.69. The number of nitrogens with zero attached hydrogens (tertiary/aromatic N) is 5. The van der Waals surface area contributed by atoms with Crippen molar-refractivity contribution in [2.24, 2.45) is 11.8 Å². The monoisotopic (exact) mass is 489 g/mol. The number of fused-ring (bicyclic) bond motifs is 1. The van der Waals surface area contributed by atoms with Crippen LogP contribution in [0.15, 0.2) is 36.4 Å². The average Bonchev–Trinajstić information content (AvgIpc) is 3.65. The number of hydrogen-bond donors (Lipinski definition) is 0. The highest BCUT2D eigenvalue weighted by atomic mass is 16.5. The first-order chi connectivity index (χ1) is 17.3. The quantitative estimate of drug-likeness (QED) is 0.506. The molecule has 5 rings (SSSR count). The highest BCUT2D eigenvalue weighted by Gasteiger charge is 2.38. The molecule has 3 aromatic rings. The van der Waals surface area contributed by atoms with Gasteiger partial charge in [-0.2, -0.15) is 5.10 Å². The molecule has 2 aliphatic rings. The van der Waals surface area contributed by atoms with Gasteiger partial charge >= 0.3 is 0 Å². The first-order valence-corrected chi connectivity index (χ1v) is 12.9. The summed E-state index contributed by atoms with van der Waals surface area (Å²) in [6.45, 7) is 5.22. The number of carbonyl (C=O) groups is 2. The molecule has 36 heavy (non-hydrogen) atoms. The standard InChI is InChI=1S/C28H35N5O3/c1-18-14-19(2)33-26(29-18)17-24(30-33)28(35)32-12-10-21(11-13-32)25(31(3)27(34)22-8-9-22)16-20-6-5-7-23(15-20)36-4/h5-7,14-15,17,21-22,25H,8-13,16H2,1-4H3/t25-/m0/s1. The number of ether oxygens (including phenoxy) is 1. The maximum atomic E-state index is 13.3. The van der Waals surface area contributed by atoms with E-state index in [1.165, 1.54) is 0 Å². The van der Waals surface area contributed by atoms with E-state index in [0.29, 0.717) is 30.3 Å². The zero-order valence-electron chi connectivity index (χ0n) is 21.6. The molecule has 8 heteroatoms. The van der Waals surface area contributed by atoms with E-state index in [2.05, 4.69) is 22.2 Å². The Hall–Kier alpha value is -3.42. The van der Waals surface area contributed by atoms with E-state index < -0.39 is 0 Å². The SMILES string of the molecule is COc1cccc(C[C@@H](C2CCN(C(=O)c3cc4nc(C)cc(C)n4n3)CC2)N(C)C(=O)C2CC2)c1. The molecule has 1 aliphatic heterocycles. The molecule has 2 aromatic heterocycles. The van der Waals surface area contributed by atoms with Gasteiger partial charge < -0.3 is 14.5 Å². The molecule has 2 amide bonds. The number of likely N-dealkylation sites (tertiary alicyclic amines) is 1. The Labute approximate surface area is 212 Å². The molecule has 3 heterocycles. The lowest BCUT2D eigenvalue weighted by Gasteiger charge is -2.40. The van der Waals surface area contributed by atoms with E-state index >= 15 is 0 Å². The Kier molecular flexibility index (Phi) is 6.69. The first-order valence-electron chi connectivity index (χ1n) is 12.9. The van der Waals surface area contributed by atoms with Gasteiger partial charge in [0.05, 0.1) is 7.11 Å². The van der Waals surface area contributed by atoms with Crippen molar-refractivity contribution in [3.63, 3.8) is 0 Å². The minimum absolute atomic E-state index is 0.0530. The number of amides is 2. The van der Waals surface area contributed by atoms with Crippen molar-refractivity contribution in [2.75, 3.05) is 27.2 Å². The Bertz CT molecular complexity index is 1270. The Morgan fingerprint density at radius 3 is 2.56 bits per heavy atom. The molecule has 2 fully saturated rings. The molecule has 0 unspecified atom stereocenters. The van der Waals surface area contributed by atoms with Gasteiger partial charge in [-0.15, -0.1) is 0 Å². The number of piperidine rings is 1. The lowest BCUT2D eigenvalue weighted by atomic mass is 9.84. The van der Waals surface area contributed by atoms with Crippen LogP contribution in [0.1, 0.15) is 53.1 Å². The fraction of sp³-hybridized carbons (Fsp3) is 0.500. The number of aryl methyl sites for hydroxylation is 2. The zero-order valence-corrected chi connectivity index (χ0v) is 21.6. The second-order valence-electron chi connectivity index (χ2n) is 10.3. The van der Waals surface area contributed by atoms with Gasteiger partial charge in [0.1, 0.15) is 5.75 Å². The summed E-state index contributed by atoms with van der Waals surface area (Å²) in [6.07, 6.45) is 4.48. The maximum Gasteiger partial charge on any atom is 0.274 e. The van der Waals surface area contributed by atoms with Crippen LogP contribution >= 0.6 is 0 Å². The van der Waals surface area contributed by atoms with Crippen molar-refractivity contribution in [2.45, 2.75) is 52.0 Å². The minimum Gasteiger partial charge on any atom is -0.497 e. The number of carbonyl (C=O) groups excluding carboxylic acids is 2. The summed E-state index contributed by atoms with van der Waals surface area (Å²) in [5, 5.41) is 4.53. The van der Waals surface area contributed by atoms with Crippen LogP contribution in [0.25, 0.3) is 5.65 Å². The third-order valence-corrected chi connectivity index (χ3v) is 7.67. The summed E-state index contributed by atoms with van der Waals surface area (Å²) in [5.41, 5.74) is 4.16. The van der Waals surface area contributed by atoms with Crippen molar-refractivity contribution in [1.29, 1.82) is 0 Å². The highest BCUT2D eigenvalue weighted by Crippen LogP contribution is 2.34. The van der Waals surface area contributed by atoms with Crippen LogP contribution < -0.4 is 4.74 Å². The molecule has 1 saturated carbocycles. The van der Waals surface area contributed by atoms with Crippen LogP contribution in [-0.4, -0.2) is 69.5 Å². The third kappa shape index (κ3) is 4.94. The van der Waals surface area contributed by atoms with Gasteiger partial charge in [-0.1, -0.05) is 12.1 Å². The lowest BCUT2D eigenvalue weighted by Crippen LogP contribution is -2.48. The van der Waals surface area contributed by atoms with Crippen molar-refractivity contribution in [3.05, 3.63) is 59.0 Å². The number of hydrogen-bond acceptors (Lipinski definition) is 5. The fourth-order valence-corrected chi connectivity index (χ4v) is 5.48. The molecule has 1 saturated heterocycles. The van der Waals surface area contributed by atoms with Crippen LogP contribution in [0, 0.1) is 25.7 Å². The molecule has 8 nitrogen and oxygen atoms in total. The van der Waals surface area contributed by atoms with Gasteiger partial charge in [0.25, 0.3) is 5.91 Å². The largest absolute Gasteiger partial charge is 0.497 e. The van der Waals surface area contributed by atoms with Crippen LogP contribution in [0.5, 0.6) is 5.75 Å². The average molecular weight is 490 g/mol. The summed E-state index contributed by atoms with van der Waals surface area (Å²) >= 11 is 0. The second-order valence-corrected chi connectivity index (χ2v) is 10.3. The van der Waals surface area contributed by atoms with Gasteiger partial charge in [-0.3, -0.25) is 9.59 Å². The van der Waals surface area contributed by atoms with Gasteiger partial charge in [0.15, 0.2) is 11.3 Å². The molecule has 0 radical (unpaired) electrons. The van der Waals surface area contributed by atoms with E-state index in [1.807, 2.05) is 48.9 Å². The number of aromatic nitrogens is 3. The minimum atomic E-state index is -0.0530. The van der Waals surface area contributed by atoms with Crippen molar-refractivity contribution in [3.8, 4) is 5.75 Å². The molecule has 1 atom stereocenters. The van der Waals surface area contributed by atoms with Crippen molar-refractivity contribution >= 4 is 17.5 Å². The van der Waals surface area contributed by atoms with E-state index in [9.17, 15) is 9.59 Å². The summed E-state index contributed by atoms with van der Waals surface area (Å²) in [4.78, 5) is 34.7. The van der Waals surface area contributed by atoms with Crippen LogP contribution in [0.2, 0.25) is 0 Å². The summed E-state index contributed by atoms with van der Waals surface area (Å²) in [5.74, 6) is 1.53. The fourth-order valence-electron chi connectivity index (χ4n) is 5.48. The maximum absolute atomic E-state index is 13.3. The summed E-state index contributed by atoms with van der Waals surface area (Å²) < 4.78 is 7.15. The number of likely N-dealkylation sites (N-methyl/N-ethyl adjacent to an activating group) is 1. The molecular formula is C28H35N5O3. The number of benzene rings is 1. The van der Waals surface area contributed by atoms with Crippen molar-refractivity contribution < 1.29 is 14.3 Å². The Balaban J connectivity index is 1.30. The van der Waals surface area contributed by atoms with E-state index in [-0.39, 0.29) is 23.8 Å². The van der Waals surface area contributed by atoms with Gasteiger partial charge in [0.2, 0.25) is 5.91 Å². The van der Waals surface area contributed by atoms with Gasteiger partial charge in [-0.25, -0.2) is 9.50 Å². The third-order valence-electron chi connectivity index (χ3n) is 7.67. The number of methoxy groups -OCH3 is 1. The van der Waals surface area contributed by atoms with E-state index in [4.69, 9.17) is 4.74 Å². The van der Waals surface area contributed by atoms with Crippen molar-refractivity contribution in [1.82, 2.24) is 24.4 Å². The zero-order chi connectivity index (χ0) is 25.4. The molecule has 190 valence electrons. The van der Waals surface area contributed by atoms with Crippen LogP contribution in [0.3, 0.4) is 0 Å². The second kappa shape index (κ2) is 9.91. The summed E-state index contributed by atoms with van der Waals surface area (Å²) in [7, 11) is 3.63. The first kappa shape index (κ1) is 24.3. The van der Waals surface area contributed by atoms with Crippen LogP contribution in [0.4, 0.5) is 0 Å². The van der Waals surface area contributed by atoms with E-state index in [1.54, 1.807) is 17.7 Å². The molecule has 0 spiro atoms.